The average molecular weight is 679 g/mol. The number of para-hydroxylation sites is 4. The van der Waals surface area contributed by atoms with E-state index >= 15 is 0 Å². The van der Waals surface area contributed by atoms with E-state index in [-0.39, 0.29) is 67.4 Å². The first-order chi connectivity index (χ1) is 29.9. The molecule has 0 atom stereocenters. The molecule has 0 fully saturated rings. The zero-order valence-electron chi connectivity index (χ0n) is 36.6. The lowest BCUT2D eigenvalue weighted by molar-refractivity contribution is 0.668. The van der Waals surface area contributed by atoms with Crippen molar-refractivity contribution in [2.75, 3.05) is 0 Å². The molecule has 5 aromatic heterocycles. The number of furan rings is 3. The van der Waals surface area contributed by atoms with Crippen LogP contribution in [0.3, 0.4) is 0 Å². The highest BCUT2D eigenvalue weighted by Gasteiger charge is 2.21. The molecule has 0 saturated heterocycles. The van der Waals surface area contributed by atoms with E-state index in [2.05, 4.69) is 0 Å². The summed E-state index contributed by atoms with van der Waals surface area (Å²) in [5.41, 5.74) is 2.92. The molecule has 242 valence electrons. The molecular weight excluding hydrogens is 645 g/mol. The maximum atomic E-state index is 9.68. The molecule has 7 nitrogen and oxygen atoms in total. The minimum atomic E-state index is -0.580. The Kier molecular flexibility index (Phi) is 3.87. The summed E-state index contributed by atoms with van der Waals surface area (Å²) in [5.74, 6) is 0.180. The lowest BCUT2D eigenvalue weighted by Gasteiger charge is -2.11. The van der Waals surface area contributed by atoms with Gasteiger partial charge in [-0.3, -0.25) is 4.57 Å². The van der Waals surface area contributed by atoms with Crippen LogP contribution in [0.4, 0.5) is 0 Å². The fourth-order valence-electron chi connectivity index (χ4n) is 7.15. The van der Waals surface area contributed by atoms with Gasteiger partial charge in [0.25, 0.3) is 0 Å². The van der Waals surface area contributed by atoms with Gasteiger partial charge in [-0.05, 0) is 60.6 Å². The lowest BCUT2D eigenvalue weighted by Crippen LogP contribution is -2.06. The predicted octanol–water partition coefficient (Wildman–Crippen LogP) is 12.0. The number of hydrogen-bond acceptors (Lipinski definition) is 6. The molecule has 0 radical (unpaired) electrons. The van der Waals surface area contributed by atoms with Crippen molar-refractivity contribution in [1.29, 1.82) is 0 Å². The quantitative estimate of drug-likeness (QED) is 0.185. The van der Waals surface area contributed by atoms with E-state index in [4.69, 9.17) is 37.8 Å². The number of nitrogens with zero attached hydrogens (tertiary/aromatic N) is 4. The molecule has 0 amide bonds. The van der Waals surface area contributed by atoms with Crippen LogP contribution in [-0.4, -0.2) is 19.5 Å². The van der Waals surface area contributed by atoms with Gasteiger partial charge < -0.3 is 13.3 Å². The van der Waals surface area contributed by atoms with Crippen LogP contribution in [0.1, 0.15) is 13.7 Å². The second kappa shape index (κ2) is 10.2. The van der Waals surface area contributed by atoms with Crippen molar-refractivity contribution in [3.63, 3.8) is 0 Å². The Hall–Kier alpha value is -7.25. The van der Waals surface area contributed by atoms with E-state index < -0.39 is 54.4 Å². The first kappa shape index (κ1) is 19.8. The highest BCUT2D eigenvalue weighted by Crippen LogP contribution is 2.39. The number of benzene rings is 7. The molecule has 0 unspecified atom stereocenters. The van der Waals surface area contributed by atoms with Gasteiger partial charge in [-0.1, -0.05) is 78.7 Å². The third-order valence-corrected chi connectivity index (χ3v) is 9.51. The summed E-state index contributed by atoms with van der Waals surface area (Å²) in [6, 6.07) is 21.3. The normalized spacial score (nSPS) is 14.9. The van der Waals surface area contributed by atoms with Crippen LogP contribution in [0, 0.1) is 0 Å². The van der Waals surface area contributed by atoms with Crippen LogP contribution < -0.4 is 0 Å². The Labute approximate surface area is 308 Å². The topological polar surface area (TPSA) is 83.0 Å². The minimum Gasteiger partial charge on any atom is -0.456 e. The van der Waals surface area contributed by atoms with Gasteiger partial charge in [-0.2, -0.15) is 9.97 Å². The van der Waals surface area contributed by atoms with Crippen LogP contribution >= 0.6 is 0 Å². The van der Waals surface area contributed by atoms with Crippen molar-refractivity contribution < 1.29 is 27.0 Å². The second-order valence-corrected chi connectivity index (χ2v) is 12.4. The zero-order valence-corrected chi connectivity index (χ0v) is 26.6. The van der Waals surface area contributed by atoms with Crippen LogP contribution in [-0.2, 0) is 0 Å². The molecule has 0 bridgehead atoms. The van der Waals surface area contributed by atoms with Crippen molar-refractivity contribution in [3.05, 3.63) is 145 Å². The van der Waals surface area contributed by atoms with Crippen LogP contribution in [0.15, 0.2) is 159 Å². The van der Waals surface area contributed by atoms with Gasteiger partial charge in [0.05, 0.1) is 24.7 Å². The Bertz CT molecular complexity index is 4020. The van der Waals surface area contributed by atoms with E-state index in [1.165, 1.54) is 4.57 Å². The van der Waals surface area contributed by atoms with Gasteiger partial charge in [0.2, 0.25) is 5.95 Å². The van der Waals surface area contributed by atoms with Crippen molar-refractivity contribution in [2.45, 2.75) is 0 Å². The monoisotopic (exact) mass is 678 g/mol. The molecule has 5 heterocycles. The Morgan fingerprint density at radius 1 is 0.423 bits per heavy atom. The summed E-state index contributed by atoms with van der Waals surface area (Å²) in [7, 11) is 0. The molecule has 7 aromatic carbocycles. The highest BCUT2D eigenvalue weighted by atomic mass is 16.3. The molecule has 52 heavy (non-hydrogen) atoms. The molecule has 0 aliphatic heterocycles. The molecule has 0 saturated carbocycles. The van der Waals surface area contributed by atoms with Gasteiger partial charge in [0.1, 0.15) is 33.5 Å². The number of aromatic nitrogens is 4. The van der Waals surface area contributed by atoms with Gasteiger partial charge in [0.15, 0.2) is 11.6 Å². The first-order valence-electron chi connectivity index (χ1n) is 21.4. The van der Waals surface area contributed by atoms with Crippen LogP contribution in [0.25, 0.3) is 116 Å². The van der Waals surface area contributed by atoms with Crippen LogP contribution in [0.5, 0.6) is 0 Å². The van der Waals surface area contributed by atoms with Crippen molar-refractivity contribution in [1.82, 2.24) is 19.5 Å². The number of hydrogen-bond donors (Lipinski definition) is 0. The molecule has 12 rings (SSSR count). The van der Waals surface area contributed by atoms with E-state index in [1.54, 1.807) is 12.1 Å². The molecule has 0 aliphatic carbocycles. The SMILES string of the molecule is [2H]c1c([2H])c([2H])c2c(oc3c([2H])c4c(c([2H])c32)c2c([2H])c([2H])c([2H])c([2H])c2n4-c2nc(-c3ccc4c(c3)oc3ccccc34)nc(-c3ccc4oc5ccccc5c4c3)n2)c1[2H]. The molecule has 0 spiro atoms. The van der Waals surface area contributed by atoms with E-state index in [0.29, 0.717) is 33.5 Å². The molecule has 12 aromatic rings. The number of fused-ring (bicyclic) bond motifs is 12. The lowest BCUT2D eigenvalue weighted by atomic mass is 10.1. The van der Waals surface area contributed by atoms with Crippen molar-refractivity contribution in [2.24, 2.45) is 0 Å². The minimum absolute atomic E-state index is 0.0851. The summed E-state index contributed by atoms with van der Waals surface area (Å²) in [5, 5.41) is 3.03. The van der Waals surface area contributed by atoms with Gasteiger partial charge in [0, 0.05) is 60.3 Å². The van der Waals surface area contributed by atoms with Gasteiger partial charge >= 0.3 is 0 Å². The van der Waals surface area contributed by atoms with E-state index in [9.17, 15) is 4.11 Å². The smallest absolute Gasteiger partial charge is 0.238 e. The third kappa shape index (κ3) is 3.87. The molecule has 7 heteroatoms. The Morgan fingerprint density at radius 2 is 1.06 bits per heavy atom. The standard InChI is InChI=1S/C45H24N4O3/c1-5-13-35-27(9-1)32-23-34-30-12-4-8-16-39(30)52-42(34)24-36(32)49(35)45-47-43(25-18-20-40-33(21-25)29-11-3-7-15-38(29)50-40)46-44(48-45)26-17-19-31-28-10-2-6-14-37(28)51-41(31)22-26/h1-24H/i1D,4D,5D,8D,9D,12D,13D,16D,23D,24D. The summed E-state index contributed by atoms with van der Waals surface area (Å²) in [6.45, 7) is 0. The summed E-state index contributed by atoms with van der Waals surface area (Å²) in [6.07, 6.45) is 0. The fraction of sp³-hybridized carbons (Fsp3) is 0. The second-order valence-electron chi connectivity index (χ2n) is 12.4. The fourth-order valence-corrected chi connectivity index (χ4v) is 7.15. The van der Waals surface area contributed by atoms with Crippen LogP contribution in [0.2, 0.25) is 0 Å². The zero-order chi connectivity index (χ0) is 42.6. The molecular formula is C45H24N4O3. The summed E-state index contributed by atoms with van der Waals surface area (Å²) >= 11 is 0. The Balaban J connectivity index is 1.23. The summed E-state index contributed by atoms with van der Waals surface area (Å²) < 4.78 is 109. The summed E-state index contributed by atoms with van der Waals surface area (Å²) in [4.78, 5) is 14.9. The molecule has 0 N–H and O–H groups in total. The van der Waals surface area contributed by atoms with Crippen molar-refractivity contribution in [3.8, 4) is 28.7 Å². The predicted molar refractivity (Wildman–Crippen MR) is 207 cm³/mol. The maximum absolute atomic E-state index is 9.68. The van der Waals surface area contributed by atoms with E-state index in [0.717, 1.165) is 21.5 Å². The van der Waals surface area contributed by atoms with Gasteiger partial charge in [-0.15, -0.1) is 0 Å². The first-order valence-corrected chi connectivity index (χ1v) is 16.4. The van der Waals surface area contributed by atoms with Crippen molar-refractivity contribution >= 4 is 87.6 Å². The van der Waals surface area contributed by atoms with E-state index in [1.807, 2.05) is 72.8 Å². The average Bonchev–Trinajstić information content (AvgIpc) is 4.07. The number of rotatable bonds is 3. The maximum Gasteiger partial charge on any atom is 0.238 e. The highest BCUT2D eigenvalue weighted by molar-refractivity contribution is 6.17. The largest absolute Gasteiger partial charge is 0.456 e. The third-order valence-electron chi connectivity index (χ3n) is 9.51. The molecule has 0 aliphatic rings. The van der Waals surface area contributed by atoms with Gasteiger partial charge in [-0.25, -0.2) is 4.98 Å². The Morgan fingerprint density at radius 3 is 1.90 bits per heavy atom.